The van der Waals surface area contributed by atoms with Crippen LogP contribution in [0.15, 0.2) is 24.3 Å². The van der Waals surface area contributed by atoms with Crippen LogP contribution < -0.4 is 5.32 Å². The zero-order chi connectivity index (χ0) is 15.5. The molecule has 0 aliphatic carbocycles. The first kappa shape index (κ1) is 15.3. The summed E-state index contributed by atoms with van der Waals surface area (Å²) in [5, 5.41) is 10.2. The summed E-state index contributed by atoms with van der Waals surface area (Å²) in [6.45, 7) is 3.19. The smallest absolute Gasteiger partial charge is 0.291 e. The van der Waals surface area contributed by atoms with E-state index in [1.54, 1.807) is 38.1 Å². The van der Waals surface area contributed by atoms with Gasteiger partial charge in [-0.2, -0.15) is 0 Å². The van der Waals surface area contributed by atoms with E-state index in [1.165, 1.54) is 0 Å². The molecule has 0 saturated heterocycles. The van der Waals surface area contributed by atoms with Crippen molar-refractivity contribution >= 4 is 26.8 Å². The lowest BCUT2D eigenvalue weighted by Crippen LogP contribution is -2.38. The van der Waals surface area contributed by atoms with E-state index in [4.69, 9.17) is 0 Å². The minimum atomic E-state index is -3.15. The monoisotopic (exact) mass is 308 g/mol. The van der Waals surface area contributed by atoms with Crippen molar-refractivity contribution in [1.29, 1.82) is 0 Å². The number of para-hydroxylation sites is 1. The van der Waals surface area contributed by atoms with Gasteiger partial charge in [0.1, 0.15) is 5.52 Å². The zero-order valence-electron chi connectivity index (χ0n) is 11.8. The molecule has 2 rings (SSSR count). The Balaban J connectivity index is 2.11. The maximum absolute atomic E-state index is 12.0. The molecule has 8 heteroatoms. The second kappa shape index (κ2) is 6.13. The predicted octanol–water partition coefficient (Wildman–Crippen LogP) is 0.578. The summed E-state index contributed by atoms with van der Waals surface area (Å²) in [4.78, 5) is 16.1. The van der Waals surface area contributed by atoms with E-state index in [0.29, 0.717) is 11.0 Å². The Morgan fingerprint density at radius 3 is 2.57 bits per heavy atom. The molecule has 1 atom stereocenters. The van der Waals surface area contributed by atoms with Crippen LogP contribution in [0.2, 0.25) is 0 Å². The Morgan fingerprint density at radius 1 is 1.24 bits per heavy atom. The fraction of sp³-hybridized carbons (Fsp3) is 0.385. The number of aromatic nitrogens is 3. The number of hydrogen-bond acceptors (Lipinski definition) is 6. The molecule has 0 saturated carbocycles. The molecule has 21 heavy (non-hydrogen) atoms. The van der Waals surface area contributed by atoms with Gasteiger partial charge in [-0.1, -0.05) is 19.1 Å². The maximum atomic E-state index is 12.0. The summed E-state index contributed by atoms with van der Waals surface area (Å²) in [5.74, 6) is -0.682. The third kappa shape index (κ3) is 3.94. The molecule has 1 amide bonds. The van der Waals surface area contributed by atoms with Gasteiger partial charge >= 0.3 is 0 Å². The van der Waals surface area contributed by atoms with E-state index >= 15 is 0 Å². The van der Waals surface area contributed by atoms with Crippen LogP contribution in [0.25, 0.3) is 11.0 Å². The van der Waals surface area contributed by atoms with Gasteiger partial charge < -0.3 is 5.32 Å². The van der Waals surface area contributed by atoms with Crippen LogP contribution in [0.1, 0.15) is 24.5 Å². The molecule has 0 bridgehead atoms. The number of carbonyl (C=O) groups is 1. The third-order valence-electron chi connectivity index (χ3n) is 2.88. The lowest BCUT2D eigenvalue weighted by Gasteiger charge is -2.12. The standard InChI is InChI=1S/C13H16N4O3S/c1-3-21(19,20)8-9(2)14-13(18)12-15-10-6-4-5-7-11(10)16-17-12/h4-7,9H,3,8H2,1-2H3,(H,14,18)/t9-/m1/s1. The highest BCUT2D eigenvalue weighted by Gasteiger charge is 2.18. The molecule has 0 unspecified atom stereocenters. The summed E-state index contributed by atoms with van der Waals surface area (Å²) in [6, 6.07) is 6.54. The van der Waals surface area contributed by atoms with Crippen LogP contribution in [0, 0.1) is 0 Å². The average molecular weight is 308 g/mol. The molecule has 1 aromatic carbocycles. The first-order valence-electron chi connectivity index (χ1n) is 6.52. The van der Waals surface area contributed by atoms with Crippen LogP contribution in [0.3, 0.4) is 0 Å². The molecular weight excluding hydrogens is 292 g/mol. The number of amides is 1. The van der Waals surface area contributed by atoms with Gasteiger partial charge in [0.15, 0.2) is 9.84 Å². The van der Waals surface area contributed by atoms with Gasteiger partial charge in [-0.25, -0.2) is 13.4 Å². The fourth-order valence-corrected chi connectivity index (χ4v) is 2.89. The summed E-state index contributed by atoms with van der Waals surface area (Å²) in [5.41, 5.74) is 1.15. The molecule has 1 aromatic heterocycles. The van der Waals surface area contributed by atoms with E-state index in [0.717, 1.165) is 0 Å². The van der Waals surface area contributed by atoms with Crippen molar-refractivity contribution in [2.24, 2.45) is 0 Å². The lowest BCUT2D eigenvalue weighted by atomic mass is 10.3. The molecule has 0 aliphatic rings. The number of hydrogen-bond donors (Lipinski definition) is 1. The van der Waals surface area contributed by atoms with Gasteiger partial charge in [0.05, 0.1) is 11.3 Å². The number of nitrogens with one attached hydrogen (secondary N) is 1. The molecule has 1 N–H and O–H groups in total. The first-order valence-corrected chi connectivity index (χ1v) is 8.34. The van der Waals surface area contributed by atoms with Crippen LogP contribution in [0.5, 0.6) is 0 Å². The van der Waals surface area contributed by atoms with E-state index in [2.05, 4.69) is 20.5 Å². The van der Waals surface area contributed by atoms with Crippen LogP contribution in [-0.2, 0) is 9.84 Å². The van der Waals surface area contributed by atoms with Crippen molar-refractivity contribution in [2.45, 2.75) is 19.9 Å². The lowest BCUT2D eigenvalue weighted by molar-refractivity contribution is 0.0932. The van der Waals surface area contributed by atoms with Gasteiger partial charge in [0.25, 0.3) is 5.91 Å². The topological polar surface area (TPSA) is 102 Å². The normalized spacial score (nSPS) is 13.0. The maximum Gasteiger partial charge on any atom is 0.291 e. The Bertz CT molecular complexity index is 761. The SMILES string of the molecule is CCS(=O)(=O)C[C@@H](C)NC(=O)c1nnc2ccccc2n1. The van der Waals surface area contributed by atoms with Crippen LogP contribution in [0.4, 0.5) is 0 Å². The van der Waals surface area contributed by atoms with Crippen LogP contribution >= 0.6 is 0 Å². The van der Waals surface area contributed by atoms with E-state index in [9.17, 15) is 13.2 Å². The summed E-state index contributed by atoms with van der Waals surface area (Å²) in [7, 11) is -3.15. The Kier molecular flexibility index (Phi) is 4.46. The third-order valence-corrected chi connectivity index (χ3v) is 4.77. The predicted molar refractivity (Wildman–Crippen MR) is 78.6 cm³/mol. The Morgan fingerprint density at radius 2 is 1.90 bits per heavy atom. The molecule has 0 aliphatic heterocycles. The summed E-state index contributed by atoms with van der Waals surface area (Å²) >= 11 is 0. The Hall–Kier alpha value is -2.09. The van der Waals surface area contributed by atoms with Crippen molar-refractivity contribution in [3.63, 3.8) is 0 Å². The van der Waals surface area contributed by atoms with E-state index < -0.39 is 21.8 Å². The number of rotatable bonds is 5. The number of benzene rings is 1. The van der Waals surface area contributed by atoms with E-state index in [1.807, 2.05) is 0 Å². The first-order chi connectivity index (χ1) is 9.91. The second-order valence-corrected chi connectivity index (χ2v) is 7.10. The Labute approximate surface area is 122 Å². The summed E-state index contributed by atoms with van der Waals surface area (Å²) < 4.78 is 23.0. The number of sulfone groups is 1. The second-order valence-electron chi connectivity index (χ2n) is 4.70. The molecular formula is C13H16N4O3S. The van der Waals surface area contributed by atoms with Gasteiger partial charge in [-0.05, 0) is 19.1 Å². The summed E-state index contributed by atoms with van der Waals surface area (Å²) in [6.07, 6.45) is 0. The van der Waals surface area contributed by atoms with Gasteiger partial charge in [0.2, 0.25) is 5.82 Å². The molecule has 7 nitrogen and oxygen atoms in total. The van der Waals surface area contributed by atoms with Gasteiger partial charge in [0, 0.05) is 11.8 Å². The van der Waals surface area contributed by atoms with E-state index in [-0.39, 0.29) is 17.3 Å². The highest BCUT2D eigenvalue weighted by molar-refractivity contribution is 7.91. The molecule has 0 fully saturated rings. The molecule has 1 heterocycles. The van der Waals surface area contributed by atoms with Crippen molar-refractivity contribution in [3.05, 3.63) is 30.1 Å². The molecule has 2 aromatic rings. The molecule has 112 valence electrons. The number of carbonyl (C=O) groups excluding carboxylic acids is 1. The minimum Gasteiger partial charge on any atom is -0.346 e. The van der Waals surface area contributed by atoms with Crippen molar-refractivity contribution in [2.75, 3.05) is 11.5 Å². The highest BCUT2D eigenvalue weighted by atomic mass is 32.2. The highest BCUT2D eigenvalue weighted by Crippen LogP contribution is 2.06. The number of fused-ring (bicyclic) bond motifs is 1. The fourth-order valence-electron chi connectivity index (χ4n) is 1.81. The van der Waals surface area contributed by atoms with Gasteiger partial charge in [-0.15, -0.1) is 10.2 Å². The van der Waals surface area contributed by atoms with Crippen molar-refractivity contribution < 1.29 is 13.2 Å². The molecule has 0 radical (unpaired) electrons. The van der Waals surface area contributed by atoms with Crippen LogP contribution in [-0.4, -0.2) is 47.1 Å². The quantitative estimate of drug-likeness (QED) is 0.866. The molecule has 0 spiro atoms. The zero-order valence-corrected chi connectivity index (χ0v) is 12.6. The minimum absolute atomic E-state index is 0.0429. The largest absolute Gasteiger partial charge is 0.346 e. The van der Waals surface area contributed by atoms with Gasteiger partial charge in [-0.3, -0.25) is 4.79 Å². The van der Waals surface area contributed by atoms with Crippen molar-refractivity contribution in [1.82, 2.24) is 20.5 Å². The average Bonchev–Trinajstić information content (AvgIpc) is 2.46. The number of nitrogens with zero attached hydrogens (tertiary/aromatic N) is 3. The van der Waals surface area contributed by atoms with Crippen molar-refractivity contribution in [3.8, 4) is 0 Å².